The van der Waals surface area contributed by atoms with Gasteiger partial charge in [0.05, 0.1) is 6.10 Å². The van der Waals surface area contributed by atoms with Gasteiger partial charge in [-0.25, -0.2) is 0 Å². The zero-order valence-electron chi connectivity index (χ0n) is 16.5. The average molecular weight is 369 g/mol. The molecule has 0 atom stereocenters. The Balaban J connectivity index is 1.29. The molecule has 2 aliphatic carbocycles. The molecule has 0 aliphatic heterocycles. The molecular weight excluding hydrogens is 336 g/mol. The summed E-state index contributed by atoms with van der Waals surface area (Å²) in [6.45, 7) is 1.27. The molecule has 4 nitrogen and oxygen atoms in total. The number of aromatic amines is 1. The van der Waals surface area contributed by atoms with Crippen molar-refractivity contribution in [2.45, 2.75) is 69.9 Å². The molecule has 0 spiro atoms. The second-order valence-electron chi connectivity index (χ2n) is 8.55. The van der Waals surface area contributed by atoms with Gasteiger partial charge in [-0.1, -0.05) is 19.3 Å². The smallest absolute Gasteiger partial charge is 0.255 e. The average Bonchev–Trinajstić information content (AvgIpc) is 2.69. The maximum atomic E-state index is 11.8. The third-order valence-electron chi connectivity index (χ3n) is 6.59. The Morgan fingerprint density at radius 1 is 1.04 bits per heavy atom. The molecule has 4 heteroatoms. The van der Waals surface area contributed by atoms with Crippen molar-refractivity contribution in [2.24, 2.45) is 5.92 Å². The Morgan fingerprint density at radius 3 is 2.59 bits per heavy atom. The fourth-order valence-corrected chi connectivity index (χ4v) is 4.97. The highest BCUT2D eigenvalue weighted by Crippen LogP contribution is 2.30. The molecule has 2 saturated carbocycles. The van der Waals surface area contributed by atoms with E-state index in [4.69, 9.17) is 4.74 Å². The normalized spacial score (nSPS) is 24.4. The highest BCUT2D eigenvalue weighted by atomic mass is 16.5. The van der Waals surface area contributed by atoms with E-state index >= 15 is 0 Å². The molecule has 2 aromatic rings. The number of hydrogen-bond donors (Lipinski definition) is 1. The van der Waals surface area contributed by atoms with Crippen LogP contribution in [0, 0.1) is 5.92 Å². The molecule has 0 saturated heterocycles. The largest absolute Gasteiger partial charge is 0.490 e. The molecule has 0 radical (unpaired) electrons. The van der Waals surface area contributed by atoms with Crippen molar-refractivity contribution in [3.05, 3.63) is 40.8 Å². The summed E-state index contributed by atoms with van der Waals surface area (Å²) in [7, 11) is 2.32. The highest BCUT2D eigenvalue weighted by Gasteiger charge is 2.26. The van der Waals surface area contributed by atoms with Crippen LogP contribution in [-0.4, -0.2) is 35.6 Å². The van der Waals surface area contributed by atoms with Crippen LogP contribution in [0.15, 0.2) is 35.3 Å². The van der Waals surface area contributed by atoms with Gasteiger partial charge >= 0.3 is 0 Å². The van der Waals surface area contributed by atoms with E-state index < -0.39 is 0 Å². The van der Waals surface area contributed by atoms with Crippen molar-refractivity contribution < 1.29 is 4.74 Å². The van der Waals surface area contributed by atoms with Gasteiger partial charge in [0.15, 0.2) is 0 Å². The van der Waals surface area contributed by atoms with E-state index in [0.717, 1.165) is 35.3 Å². The van der Waals surface area contributed by atoms with Gasteiger partial charge in [0.2, 0.25) is 0 Å². The van der Waals surface area contributed by atoms with E-state index in [2.05, 4.69) is 16.9 Å². The fourth-order valence-electron chi connectivity index (χ4n) is 4.97. The molecule has 0 unspecified atom stereocenters. The van der Waals surface area contributed by atoms with Crippen LogP contribution in [0.25, 0.3) is 10.8 Å². The third-order valence-corrected chi connectivity index (χ3v) is 6.59. The lowest BCUT2D eigenvalue weighted by molar-refractivity contribution is 0.0891. The first-order valence-electron chi connectivity index (χ1n) is 10.7. The maximum absolute atomic E-state index is 11.8. The standard InChI is InChI=1S/C23H32N2O2/c1-25(16-17-5-3-2-4-6-17)19-7-9-20(10-8-19)27-21-11-12-22-18(15-21)13-14-24-23(22)26/h11-15,17,19-20H,2-10,16H2,1H3,(H,24,26)/t19-,20-. The number of benzene rings is 1. The Hall–Kier alpha value is -1.81. The van der Waals surface area contributed by atoms with Crippen molar-refractivity contribution in [1.29, 1.82) is 0 Å². The van der Waals surface area contributed by atoms with E-state index in [1.807, 2.05) is 24.3 Å². The van der Waals surface area contributed by atoms with Crippen LogP contribution in [0.4, 0.5) is 0 Å². The summed E-state index contributed by atoms with van der Waals surface area (Å²) >= 11 is 0. The van der Waals surface area contributed by atoms with Crippen molar-refractivity contribution >= 4 is 10.8 Å². The second-order valence-corrected chi connectivity index (χ2v) is 8.55. The lowest BCUT2D eigenvalue weighted by Crippen LogP contribution is -2.40. The number of nitrogens with zero attached hydrogens (tertiary/aromatic N) is 1. The number of rotatable bonds is 5. The molecule has 0 amide bonds. The quantitative estimate of drug-likeness (QED) is 0.830. The number of aromatic nitrogens is 1. The molecule has 146 valence electrons. The molecule has 2 aliphatic rings. The van der Waals surface area contributed by atoms with Crippen molar-refractivity contribution in [3.63, 3.8) is 0 Å². The Kier molecular flexibility index (Phi) is 5.82. The minimum Gasteiger partial charge on any atom is -0.490 e. The van der Waals surface area contributed by atoms with E-state index in [-0.39, 0.29) is 5.56 Å². The molecule has 2 fully saturated rings. The summed E-state index contributed by atoms with van der Waals surface area (Å²) in [5, 5.41) is 1.66. The molecule has 4 rings (SSSR count). The number of pyridine rings is 1. The van der Waals surface area contributed by atoms with Crippen LogP contribution >= 0.6 is 0 Å². The van der Waals surface area contributed by atoms with Gasteiger partial charge in [-0.2, -0.15) is 0 Å². The summed E-state index contributed by atoms with van der Waals surface area (Å²) in [5.74, 6) is 1.80. The summed E-state index contributed by atoms with van der Waals surface area (Å²) in [5.41, 5.74) is -0.0411. The second kappa shape index (κ2) is 8.47. The minimum atomic E-state index is -0.0411. The lowest BCUT2D eigenvalue weighted by atomic mass is 9.87. The molecular formula is C23H32N2O2. The summed E-state index contributed by atoms with van der Waals surface area (Å²) in [4.78, 5) is 17.2. The monoisotopic (exact) mass is 368 g/mol. The van der Waals surface area contributed by atoms with E-state index in [0.29, 0.717) is 12.1 Å². The molecule has 0 bridgehead atoms. The molecule has 1 N–H and O–H groups in total. The zero-order chi connectivity index (χ0) is 18.6. The van der Waals surface area contributed by atoms with Gasteiger partial charge in [-0.3, -0.25) is 4.79 Å². The van der Waals surface area contributed by atoms with Gasteiger partial charge in [-0.05, 0) is 81.1 Å². The van der Waals surface area contributed by atoms with Crippen LogP contribution < -0.4 is 10.3 Å². The number of hydrogen-bond acceptors (Lipinski definition) is 3. The van der Waals surface area contributed by atoms with Gasteiger partial charge in [0, 0.05) is 24.2 Å². The van der Waals surface area contributed by atoms with E-state index in [1.54, 1.807) is 6.20 Å². The van der Waals surface area contributed by atoms with Gasteiger partial charge < -0.3 is 14.6 Å². The lowest BCUT2D eigenvalue weighted by Gasteiger charge is -2.37. The van der Waals surface area contributed by atoms with Crippen LogP contribution in [0.1, 0.15) is 57.8 Å². The van der Waals surface area contributed by atoms with Crippen LogP contribution in [-0.2, 0) is 0 Å². The molecule has 1 aromatic heterocycles. The minimum absolute atomic E-state index is 0.0411. The topological polar surface area (TPSA) is 45.3 Å². The maximum Gasteiger partial charge on any atom is 0.255 e. The van der Waals surface area contributed by atoms with Crippen molar-refractivity contribution in [3.8, 4) is 5.75 Å². The third kappa shape index (κ3) is 4.55. The van der Waals surface area contributed by atoms with E-state index in [9.17, 15) is 4.79 Å². The van der Waals surface area contributed by atoms with Gasteiger partial charge in [0.25, 0.3) is 5.56 Å². The zero-order valence-corrected chi connectivity index (χ0v) is 16.5. The number of H-pyrrole nitrogens is 1. The van der Waals surface area contributed by atoms with Crippen LogP contribution in [0.3, 0.4) is 0 Å². The first kappa shape index (κ1) is 18.5. The number of nitrogens with one attached hydrogen (secondary N) is 1. The Labute approximate surface area is 161 Å². The highest BCUT2D eigenvalue weighted by molar-refractivity contribution is 5.82. The van der Waals surface area contributed by atoms with Crippen molar-refractivity contribution in [2.75, 3.05) is 13.6 Å². The van der Waals surface area contributed by atoms with Crippen molar-refractivity contribution in [1.82, 2.24) is 9.88 Å². The summed E-state index contributed by atoms with van der Waals surface area (Å²) in [6.07, 6.45) is 13.8. The van der Waals surface area contributed by atoms with Crippen LogP contribution in [0.5, 0.6) is 5.75 Å². The molecule has 1 heterocycles. The Bertz CT molecular complexity index is 801. The fraction of sp³-hybridized carbons (Fsp3) is 0.609. The summed E-state index contributed by atoms with van der Waals surface area (Å²) in [6, 6.07) is 8.43. The SMILES string of the molecule is CN(CC1CCCCC1)[C@H]1CC[C@H](Oc2ccc3c(=O)[nH]ccc3c2)CC1. The number of fused-ring (bicyclic) bond motifs is 1. The van der Waals surface area contributed by atoms with E-state index in [1.165, 1.54) is 51.5 Å². The molecule has 1 aromatic carbocycles. The first-order chi connectivity index (χ1) is 13.2. The summed E-state index contributed by atoms with van der Waals surface area (Å²) < 4.78 is 6.25. The number of ether oxygens (including phenoxy) is 1. The first-order valence-corrected chi connectivity index (χ1v) is 10.7. The van der Waals surface area contributed by atoms with Gasteiger partial charge in [0.1, 0.15) is 5.75 Å². The Morgan fingerprint density at radius 2 is 1.81 bits per heavy atom. The van der Waals surface area contributed by atoms with Gasteiger partial charge in [-0.15, -0.1) is 0 Å². The van der Waals surface area contributed by atoms with Crippen LogP contribution in [0.2, 0.25) is 0 Å². The predicted octanol–water partition coefficient (Wildman–Crippen LogP) is 4.73. The predicted molar refractivity (Wildman–Crippen MR) is 110 cm³/mol. The molecule has 27 heavy (non-hydrogen) atoms.